The van der Waals surface area contributed by atoms with E-state index in [4.69, 9.17) is 14.5 Å². The first-order chi connectivity index (χ1) is 36.5. The fourth-order valence-electron chi connectivity index (χ4n) is 9.19. The number of carbonyl (C=O) groups excluding carboxylic acids is 8. The third-order valence-electron chi connectivity index (χ3n) is 13.4. The number of carbonyl (C=O) groups is 8. The molecule has 2 aromatic heterocycles. The van der Waals surface area contributed by atoms with Crippen LogP contribution in [0.1, 0.15) is 78.8 Å². The molecule has 400 valence electrons. The standard InChI is InChI=1S/C52H58FN11O12/c1-3-52(74)37-20-41-48-35(27-64(41)50(72)36(37)28-76-51(52)73)34(33-18-30(2)38(53)21-39(33)59-48)26-62-25-32(60-61-62)15-17-75-29-57-44(67)23-56-49(71)40(19-31-10-6-4-7-11-31)58-45(68)24-55-43(66)22-54-42(65)12-8-5-9-16-63-46(69)13-14-47(63)70/h4,6-7,10-11,13-14,18,20-21,25,40,60-61,74H,3,5,8-9,12,15-17,19,22-24,26-29H2,1-2H3,(H,54,65)(H,55,66)(H,56,71)(H,57,67)(H,58,68)/t40-,52+/m1/s1. The van der Waals surface area contributed by atoms with Gasteiger partial charge in [-0.15, -0.1) is 5.53 Å². The summed E-state index contributed by atoms with van der Waals surface area (Å²) in [4.78, 5) is 119. The van der Waals surface area contributed by atoms with Crippen LogP contribution in [0.4, 0.5) is 4.39 Å². The highest BCUT2D eigenvalue weighted by Gasteiger charge is 2.45. The Labute approximate surface area is 434 Å². The molecule has 0 spiro atoms. The number of nitrogens with zero attached hydrogens (tertiary/aromatic N) is 4. The molecule has 76 heavy (non-hydrogen) atoms. The Hall–Kier alpha value is -8.35. The second-order valence-corrected chi connectivity index (χ2v) is 18.6. The van der Waals surface area contributed by atoms with Crippen molar-refractivity contribution in [1.82, 2.24) is 57.0 Å². The number of hydrazine groups is 2. The van der Waals surface area contributed by atoms with E-state index in [1.54, 1.807) is 61.3 Å². The zero-order valence-electron chi connectivity index (χ0n) is 41.8. The minimum absolute atomic E-state index is 0.0146. The predicted molar refractivity (Wildman–Crippen MR) is 268 cm³/mol. The second-order valence-electron chi connectivity index (χ2n) is 18.6. The number of hydrogen-bond donors (Lipinski definition) is 8. The summed E-state index contributed by atoms with van der Waals surface area (Å²) in [6.07, 6.45) is 6.39. The molecule has 0 unspecified atom stereocenters. The number of aryl methyl sites for hydroxylation is 1. The van der Waals surface area contributed by atoms with Gasteiger partial charge in [0.05, 0.1) is 61.8 Å². The number of rotatable bonds is 24. The van der Waals surface area contributed by atoms with Gasteiger partial charge < -0.3 is 51.2 Å². The molecule has 4 aliphatic rings. The summed E-state index contributed by atoms with van der Waals surface area (Å²) in [6, 6.07) is 12.4. The maximum Gasteiger partial charge on any atom is 0.343 e. The van der Waals surface area contributed by atoms with Crippen molar-refractivity contribution in [3.05, 3.63) is 122 Å². The third kappa shape index (κ3) is 12.4. The molecule has 0 saturated carbocycles. The van der Waals surface area contributed by atoms with Gasteiger partial charge >= 0.3 is 5.97 Å². The van der Waals surface area contributed by atoms with Gasteiger partial charge in [-0.25, -0.2) is 14.2 Å². The summed E-state index contributed by atoms with van der Waals surface area (Å²) in [7, 11) is 0. The molecule has 0 radical (unpaired) electrons. The van der Waals surface area contributed by atoms with E-state index in [2.05, 4.69) is 37.5 Å². The molecule has 7 amide bonds. The van der Waals surface area contributed by atoms with Crippen LogP contribution >= 0.6 is 0 Å². The van der Waals surface area contributed by atoms with Gasteiger partial charge in [0.15, 0.2) is 5.60 Å². The normalized spacial score (nSPS) is 16.6. The van der Waals surface area contributed by atoms with Crippen LogP contribution in [-0.4, -0.2) is 117 Å². The SMILES string of the molecule is CC[C@@]1(O)C(=O)OCc2c1cc1n(c2=O)Cc2c-1nc1cc(F)c(C)cc1c2CN1C=C(CCOCNC(=O)CNC(=O)[C@@H](Cc2ccccc2)NC(=O)CNC(=O)CNC(=O)CCCCCN2C(=O)C=CC2=O)NN1. The van der Waals surface area contributed by atoms with Crippen LogP contribution in [0.15, 0.2) is 77.4 Å². The highest BCUT2D eigenvalue weighted by atomic mass is 19.1. The number of benzene rings is 2. The Bertz CT molecular complexity index is 3090. The summed E-state index contributed by atoms with van der Waals surface area (Å²) >= 11 is 0. The molecule has 4 aromatic rings. The first-order valence-corrected chi connectivity index (χ1v) is 24.8. The number of imide groups is 1. The van der Waals surface area contributed by atoms with Crippen molar-refractivity contribution >= 4 is 58.2 Å². The zero-order chi connectivity index (χ0) is 54.1. The Balaban J connectivity index is 0.776. The number of esters is 1. The molecule has 24 heteroatoms. The molecular weight excluding hydrogens is 990 g/mol. The Morgan fingerprint density at radius 2 is 1.62 bits per heavy atom. The van der Waals surface area contributed by atoms with Crippen molar-refractivity contribution in [1.29, 1.82) is 0 Å². The van der Waals surface area contributed by atoms with Crippen molar-refractivity contribution in [3.63, 3.8) is 0 Å². The van der Waals surface area contributed by atoms with Crippen molar-refractivity contribution in [2.75, 3.05) is 39.5 Å². The monoisotopic (exact) mass is 1050 g/mol. The van der Waals surface area contributed by atoms with E-state index in [0.29, 0.717) is 53.5 Å². The predicted octanol–water partition coefficient (Wildman–Crippen LogP) is 0.235. The van der Waals surface area contributed by atoms with Gasteiger partial charge in [0, 0.05) is 72.4 Å². The van der Waals surface area contributed by atoms with Gasteiger partial charge in [0.25, 0.3) is 17.4 Å². The van der Waals surface area contributed by atoms with Crippen molar-refractivity contribution in [2.24, 2.45) is 0 Å². The Kier molecular flexibility index (Phi) is 17.0. The number of amides is 7. The number of nitrogens with one attached hydrogen (secondary N) is 7. The number of fused-ring (bicyclic) bond motifs is 5. The van der Waals surface area contributed by atoms with Crippen molar-refractivity contribution in [2.45, 2.75) is 90.1 Å². The number of pyridine rings is 2. The first kappa shape index (κ1) is 53.9. The van der Waals surface area contributed by atoms with Crippen LogP contribution in [0, 0.1) is 12.7 Å². The van der Waals surface area contributed by atoms with Crippen LogP contribution in [0.5, 0.6) is 0 Å². The lowest BCUT2D eigenvalue weighted by atomic mass is 9.86. The molecule has 23 nitrogen and oxygen atoms in total. The molecular formula is C52H58FN11O12. The van der Waals surface area contributed by atoms with Gasteiger partial charge in [0.1, 0.15) is 25.2 Å². The summed E-state index contributed by atoms with van der Waals surface area (Å²) < 4.78 is 27.4. The topological polar surface area (TPSA) is 301 Å². The molecule has 8 N–H and O–H groups in total. The van der Waals surface area contributed by atoms with E-state index in [0.717, 1.165) is 27.3 Å². The molecule has 0 fully saturated rings. The third-order valence-corrected chi connectivity index (χ3v) is 13.4. The van der Waals surface area contributed by atoms with Crippen LogP contribution in [0.2, 0.25) is 0 Å². The van der Waals surface area contributed by atoms with Gasteiger partial charge in [-0.1, -0.05) is 43.7 Å². The van der Waals surface area contributed by atoms with E-state index in [1.807, 2.05) is 6.20 Å². The van der Waals surface area contributed by atoms with E-state index in [1.165, 1.54) is 22.8 Å². The molecule has 0 aliphatic carbocycles. The quantitative estimate of drug-likeness (QED) is 0.0178. The molecule has 2 atom stereocenters. The van der Waals surface area contributed by atoms with E-state index in [9.17, 15) is 48.3 Å². The lowest BCUT2D eigenvalue weighted by Gasteiger charge is -2.31. The smallest absolute Gasteiger partial charge is 0.343 e. The molecule has 4 aliphatic heterocycles. The number of halogens is 1. The molecule has 6 heterocycles. The highest BCUT2D eigenvalue weighted by Crippen LogP contribution is 2.41. The van der Waals surface area contributed by atoms with Crippen LogP contribution in [0.25, 0.3) is 22.3 Å². The number of ether oxygens (including phenoxy) is 2. The van der Waals surface area contributed by atoms with Crippen LogP contribution in [0.3, 0.4) is 0 Å². The van der Waals surface area contributed by atoms with E-state index in [-0.39, 0.29) is 94.2 Å². The first-order valence-electron chi connectivity index (χ1n) is 24.8. The molecule has 0 saturated heterocycles. The Morgan fingerprint density at radius 1 is 0.895 bits per heavy atom. The molecule has 0 bridgehead atoms. The van der Waals surface area contributed by atoms with Gasteiger partial charge in [-0.05, 0) is 55.0 Å². The number of unbranched alkanes of at least 4 members (excludes halogenated alkanes) is 2. The lowest BCUT2D eigenvalue weighted by molar-refractivity contribution is -0.172. The number of aliphatic hydroxyl groups is 1. The highest BCUT2D eigenvalue weighted by molar-refractivity contribution is 6.12. The molecule has 2 aromatic carbocycles. The average molecular weight is 1050 g/mol. The van der Waals surface area contributed by atoms with Crippen molar-refractivity contribution < 1.29 is 57.3 Å². The average Bonchev–Trinajstić information content (AvgIpc) is 4.14. The summed E-state index contributed by atoms with van der Waals surface area (Å²) in [5.41, 5.74) is 8.67. The minimum atomic E-state index is -2.01. The fraction of sp³-hybridized carbons (Fsp3) is 0.385. The minimum Gasteiger partial charge on any atom is -0.458 e. The van der Waals surface area contributed by atoms with Crippen LogP contribution in [-0.2, 0) is 79.5 Å². The van der Waals surface area contributed by atoms with Gasteiger partial charge in [0.2, 0.25) is 29.5 Å². The van der Waals surface area contributed by atoms with Gasteiger partial charge in [-0.3, -0.25) is 48.3 Å². The van der Waals surface area contributed by atoms with E-state index >= 15 is 4.39 Å². The zero-order valence-corrected chi connectivity index (χ0v) is 41.8. The van der Waals surface area contributed by atoms with Gasteiger partial charge in [-0.2, -0.15) is 0 Å². The number of cyclic esters (lactones) is 1. The van der Waals surface area contributed by atoms with Crippen LogP contribution < -0.4 is 43.1 Å². The second kappa shape index (κ2) is 23.9. The largest absolute Gasteiger partial charge is 0.458 e. The summed E-state index contributed by atoms with van der Waals surface area (Å²) in [5.74, 6) is -4.94. The molecule has 8 rings (SSSR count). The summed E-state index contributed by atoms with van der Waals surface area (Å²) in [6.45, 7) is 2.33. The fourth-order valence-corrected chi connectivity index (χ4v) is 9.19. The maximum atomic E-state index is 15.0. The lowest BCUT2D eigenvalue weighted by Crippen LogP contribution is -2.52. The van der Waals surface area contributed by atoms with E-state index < -0.39 is 65.7 Å². The number of aromatic nitrogens is 2. The number of hydrogen-bond acceptors (Lipinski definition) is 16. The Morgan fingerprint density at radius 3 is 2.38 bits per heavy atom. The maximum absolute atomic E-state index is 15.0. The van der Waals surface area contributed by atoms with Crippen molar-refractivity contribution in [3.8, 4) is 11.4 Å². The summed E-state index contributed by atoms with van der Waals surface area (Å²) in [5, 5.41) is 26.4.